The topological polar surface area (TPSA) is 92.9 Å². The van der Waals surface area contributed by atoms with Crippen LogP contribution in [0.15, 0.2) is 0 Å². The second-order valence-electron chi connectivity index (χ2n) is 4.25. The van der Waals surface area contributed by atoms with Crippen LogP contribution in [0.2, 0.25) is 0 Å². The Kier molecular flexibility index (Phi) is 5.37. The summed E-state index contributed by atoms with van der Waals surface area (Å²) in [6, 6.07) is -0.925. The maximum absolute atomic E-state index is 12.0. The number of carboxylic acid groups (broad SMARTS) is 1. The fraction of sp³-hybridized carbons (Fsp3) is 0.818. The number of ether oxygens (including phenoxy) is 1. The summed E-state index contributed by atoms with van der Waals surface area (Å²) in [5.74, 6) is -1.09. The summed E-state index contributed by atoms with van der Waals surface area (Å²) < 4.78 is 5.21. The van der Waals surface area contributed by atoms with Crippen molar-refractivity contribution in [1.29, 1.82) is 0 Å². The molecule has 0 aliphatic carbocycles. The zero-order valence-electron chi connectivity index (χ0n) is 10.1. The molecule has 0 radical (unpaired) electrons. The fourth-order valence-corrected chi connectivity index (χ4v) is 1.96. The van der Waals surface area contributed by atoms with E-state index in [2.05, 4.69) is 0 Å². The van der Waals surface area contributed by atoms with Crippen LogP contribution in [0.1, 0.15) is 26.2 Å². The van der Waals surface area contributed by atoms with Crippen LogP contribution in [0.25, 0.3) is 0 Å². The van der Waals surface area contributed by atoms with Gasteiger partial charge < -0.3 is 20.5 Å². The average molecular weight is 244 g/mol. The van der Waals surface area contributed by atoms with Gasteiger partial charge in [0.15, 0.2) is 0 Å². The standard InChI is InChI=1S/C11H20N2O4/c1-2-3-9(12)11(16)13-4-5-17-7-8(13)6-10(14)15/h8-9H,2-7,12H2,1H3,(H,14,15)/t8?,9-/m0/s1. The largest absolute Gasteiger partial charge is 0.481 e. The lowest BCUT2D eigenvalue weighted by Crippen LogP contribution is -2.54. The summed E-state index contributed by atoms with van der Waals surface area (Å²) in [7, 11) is 0. The number of aliphatic carboxylic acids is 1. The lowest BCUT2D eigenvalue weighted by molar-refractivity contribution is -0.147. The molecule has 0 spiro atoms. The van der Waals surface area contributed by atoms with Crippen LogP contribution in [0.3, 0.4) is 0 Å². The molecule has 0 aromatic carbocycles. The van der Waals surface area contributed by atoms with E-state index >= 15 is 0 Å². The Labute approximate surface area is 101 Å². The van der Waals surface area contributed by atoms with Crippen molar-refractivity contribution in [1.82, 2.24) is 4.90 Å². The Bertz CT molecular complexity index is 283. The van der Waals surface area contributed by atoms with E-state index in [4.69, 9.17) is 15.6 Å². The first kappa shape index (κ1) is 13.9. The Morgan fingerprint density at radius 2 is 2.29 bits per heavy atom. The molecule has 1 heterocycles. The van der Waals surface area contributed by atoms with Gasteiger partial charge in [0.25, 0.3) is 0 Å². The lowest BCUT2D eigenvalue weighted by Gasteiger charge is -2.36. The number of rotatable bonds is 5. The highest BCUT2D eigenvalue weighted by Gasteiger charge is 2.31. The van der Waals surface area contributed by atoms with Gasteiger partial charge in [-0.3, -0.25) is 9.59 Å². The summed E-state index contributed by atoms with van der Waals surface area (Å²) >= 11 is 0. The molecule has 0 aromatic rings. The van der Waals surface area contributed by atoms with E-state index in [1.165, 1.54) is 0 Å². The monoisotopic (exact) mass is 244 g/mol. The average Bonchev–Trinajstić information content (AvgIpc) is 2.28. The van der Waals surface area contributed by atoms with Gasteiger partial charge in [0.05, 0.1) is 31.7 Å². The Hall–Kier alpha value is -1.14. The molecule has 3 N–H and O–H groups in total. The van der Waals surface area contributed by atoms with Crippen molar-refractivity contribution in [2.45, 2.75) is 38.3 Å². The Morgan fingerprint density at radius 3 is 2.88 bits per heavy atom. The van der Waals surface area contributed by atoms with Crippen LogP contribution in [0.5, 0.6) is 0 Å². The molecule has 1 rings (SSSR count). The molecule has 1 aliphatic heterocycles. The Balaban J connectivity index is 2.63. The number of carbonyl (C=O) groups excluding carboxylic acids is 1. The van der Waals surface area contributed by atoms with Crippen molar-refractivity contribution in [2.75, 3.05) is 19.8 Å². The van der Waals surface area contributed by atoms with Crippen LogP contribution in [0, 0.1) is 0 Å². The van der Waals surface area contributed by atoms with E-state index in [9.17, 15) is 9.59 Å². The first-order valence-corrected chi connectivity index (χ1v) is 5.91. The number of nitrogens with two attached hydrogens (primary N) is 1. The molecule has 1 amide bonds. The maximum Gasteiger partial charge on any atom is 0.305 e. The molecule has 2 atom stereocenters. The minimum atomic E-state index is -0.928. The number of carbonyl (C=O) groups is 2. The second-order valence-corrected chi connectivity index (χ2v) is 4.25. The molecule has 1 aliphatic rings. The van der Waals surface area contributed by atoms with Crippen LogP contribution in [-0.4, -0.2) is 53.7 Å². The first-order valence-electron chi connectivity index (χ1n) is 5.91. The molecule has 98 valence electrons. The molecule has 1 saturated heterocycles. The predicted octanol–water partition coefficient (Wildman–Crippen LogP) is -0.184. The predicted molar refractivity (Wildman–Crippen MR) is 61.5 cm³/mol. The molecule has 0 saturated carbocycles. The van der Waals surface area contributed by atoms with Crippen molar-refractivity contribution in [3.8, 4) is 0 Å². The third-order valence-corrected chi connectivity index (χ3v) is 2.84. The number of nitrogens with zero attached hydrogens (tertiary/aromatic N) is 1. The molecular formula is C11H20N2O4. The van der Waals surface area contributed by atoms with Crippen LogP contribution < -0.4 is 5.73 Å². The molecule has 1 unspecified atom stereocenters. The third-order valence-electron chi connectivity index (χ3n) is 2.84. The smallest absolute Gasteiger partial charge is 0.305 e. The van der Waals surface area contributed by atoms with Crippen LogP contribution in [-0.2, 0) is 14.3 Å². The van der Waals surface area contributed by atoms with Gasteiger partial charge in [-0.05, 0) is 6.42 Å². The van der Waals surface area contributed by atoms with E-state index in [0.29, 0.717) is 19.6 Å². The minimum absolute atomic E-state index is 0.0927. The van der Waals surface area contributed by atoms with Gasteiger partial charge in [-0.15, -0.1) is 0 Å². The SMILES string of the molecule is CCC[C@H](N)C(=O)N1CCOCC1CC(=O)O. The summed E-state index contributed by atoms with van der Waals surface area (Å²) in [6.45, 7) is 3.10. The molecule has 0 aromatic heterocycles. The molecule has 17 heavy (non-hydrogen) atoms. The fourth-order valence-electron chi connectivity index (χ4n) is 1.96. The first-order chi connectivity index (χ1) is 8.06. The number of hydrogen-bond donors (Lipinski definition) is 2. The quantitative estimate of drug-likeness (QED) is 0.699. The van der Waals surface area contributed by atoms with Crippen molar-refractivity contribution < 1.29 is 19.4 Å². The maximum atomic E-state index is 12.0. The normalized spacial score (nSPS) is 22.2. The number of amides is 1. The number of carboxylic acids is 1. The van der Waals surface area contributed by atoms with Crippen LogP contribution >= 0.6 is 0 Å². The van der Waals surface area contributed by atoms with Gasteiger partial charge >= 0.3 is 5.97 Å². The number of hydrogen-bond acceptors (Lipinski definition) is 4. The molecule has 6 nitrogen and oxygen atoms in total. The van der Waals surface area contributed by atoms with Crippen molar-refractivity contribution in [3.63, 3.8) is 0 Å². The van der Waals surface area contributed by atoms with Crippen molar-refractivity contribution >= 4 is 11.9 Å². The van der Waals surface area contributed by atoms with Gasteiger partial charge in [0.1, 0.15) is 0 Å². The zero-order chi connectivity index (χ0) is 12.8. The van der Waals surface area contributed by atoms with Gasteiger partial charge in [-0.1, -0.05) is 13.3 Å². The molecule has 0 bridgehead atoms. The van der Waals surface area contributed by atoms with Gasteiger partial charge in [0.2, 0.25) is 5.91 Å². The molecule has 1 fully saturated rings. The lowest BCUT2D eigenvalue weighted by atomic mass is 10.1. The molecule has 6 heteroatoms. The summed E-state index contributed by atoms with van der Waals surface area (Å²) in [6.07, 6.45) is 1.36. The van der Waals surface area contributed by atoms with Crippen molar-refractivity contribution in [2.24, 2.45) is 5.73 Å². The summed E-state index contributed by atoms with van der Waals surface area (Å²) in [5.41, 5.74) is 5.77. The van der Waals surface area contributed by atoms with Gasteiger partial charge in [0, 0.05) is 6.54 Å². The number of morpholine rings is 1. The van der Waals surface area contributed by atoms with Gasteiger partial charge in [-0.25, -0.2) is 0 Å². The van der Waals surface area contributed by atoms with E-state index in [-0.39, 0.29) is 18.9 Å². The van der Waals surface area contributed by atoms with E-state index in [0.717, 1.165) is 6.42 Å². The van der Waals surface area contributed by atoms with E-state index < -0.39 is 18.1 Å². The van der Waals surface area contributed by atoms with E-state index in [1.807, 2.05) is 6.92 Å². The van der Waals surface area contributed by atoms with Crippen molar-refractivity contribution in [3.05, 3.63) is 0 Å². The summed E-state index contributed by atoms with van der Waals surface area (Å²) in [5, 5.41) is 8.78. The van der Waals surface area contributed by atoms with Crippen LogP contribution in [0.4, 0.5) is 0 Å². The highest BCUT2D eigenvalue weighted by atomic mass is 16.5. The second kappa shape index (κ2) is 6.56. The Morgan fingerprint density at radius 1 is 1.59 bits per heavy atom. The third kappa shape index (κ3) is 3.98. The molecular weight excluding hydrogens is 224 g/mol. The highest BCUT2D eigenvalue weighted by molar-refractivity contribution is 5.82. The minimum Gasteiger partial charge on any atom is -0.481 e. The zero-order valence-corrected chi connectivity index (χ0v) is 10.1. The summed E-state index contributed by atoms with van der Waals surface area (Å²) in [4.78, 5) is 24.3. The van der Waals surface area contributed by atoms with E-state index in [1.54, 1.807) is 4.90 Å². The van der Waals surface area contributed by atoms with Gasteiger partial charge in [-0.2, -0.15) is 0 Å². The highest BCUT2D eigenvalue weighted by Crippen LogP contribution is 2.13.